The van der Waals surface area contributed by atoms with E-state index in [4.69, 9.17) is 0 Å². The van der Waals surface area contributed by atoms with Gasteiger partial charge in [-0.3, -0.25) is 0 Å². The molecular formula is C11H12N6OS. The number of aromatic nitrogens is 4. The van der Waals surface area contributed by atoms with Gasteiger partial charge in [0.15, 0.2) is 5.82 Å². The van der Waals surface area contributed by atoms with Crippen LogP contribution in [0.5, 0.6) is 0 Å². The Morgan fingerprint density at radius 1 is 1.37 bits per heavy atom. The van der Waals surface area contributed by atoms with Crippen LogP contribution in [0.15, 0.2) is 22.4 Å². The minimum atomic E-state index is 0.608. The van der Waals surface area contributed by atoms with Gasteiger partial charge in [-0.05, 0) is 11.4 Å². The normalized spacial score (nSPS) is 10.8. The lowest BCUT2D eigenvalue weighted by atomic mass is 10.3. The number of hydrogen-bond acceptors (Lipinski definition) is 8. The van der Waals surface area contributed by atoms with Crippen molar-refractivity contribution in [1.82, 2.24) is 20.1 Å². The third-order valence-corrected chi connectivity index (χ3v) is 3.40. The number of nitrogens with zero attached hydrogens (tertiary/aromatic N) is 4. The fourth-order valence-electron chi connectivity index (χ4n) is 1.70. The first kappa shape index (κ1) is 11.8. The fourth-order valence-corrected chi connectivity index (χ4v) is 2.46. The van der Waals surface area contributed by atoms with E-state index in [1.165, 1.54) is 6.39 Å². The number of anilines is 2. The monoisotopic (exact) mass is 276 g/mol. The van der Waals surface area contributed by atoms with E-state index in [2.05, 4.69) is 35.3 Å². The molecule has 19 heavy (non-hydrogen) atoms. The quantitative estimate of drug-likeness (QED) is 0.734. The van der Waals surface area contributed by atoms with Gasteiger partial charge in [-0.25, -0.2) is 4.98 Å². The maximum Gasteiger partial charge on any atom is 0.225 e. The molecular weight excluding hydrogens is 264 g/mol. The molecule has 0 saturated heterocycles. The molecule has 8 heteroatoms. The molecule has 2 N–H and O–H groups in total. The summed E-state index contributed by atoms with van der Waals surface area (Å²) in [5.74, 6) is 2.10. The second-order valence-electron chi connectivity index (χ2n) is 3.81. The van der Waals surface area contributed by atoms with E-state index in [9.17, 15) is 0 Å². The Balaban J connectivity index is 1.77. The van der Waals surface area contributed by atoms with Gasteiger partial charge in [-0.1, -0.05) is 5.16 Å². The van der Waals surface area contributed by atoms with Crippen molar-refractivity contribution >= 4 is 33.3 Å². The second-order valence-corrected chi connectivity index (χ2v) is 4.70. The lowest BCUT2D eigenvalue weighted by Crippen LogP contribution is -2.09. The predicted molar refractivity (Wildman–Crippen MR) is 73.5 cm³/mol. The molecule has 0 aliphatic heterocycles. The summed E-state index contributed by atoms with van der Waals surface area (Å²) in [6.07, 6.45) is 2.01. The molecule has 0 amide bonds. The maximum absolute atomic E-state index is 4.69. The lowest BCUT2D eigenvalue weighted by Gasteiger charge is -2.07. The van der Waals surface area contributed by atoms with Crippen LogP contribution in [-0.2, 0) is 6.42 Å². The standard InChI is InChI=1S/C11H12N6OS/c1-12-11-15-9(7-3-5-19-10(7)16-11)13-4-2-8-14-6-18-17-8/h3,5-6H,2,4H2,1H3,(H2,12,13,15,16). The first-order valence-corrected chi connectivity index (χ1v) is 6.67. The van der Waals surface area contributed by atoms with E-state index in [1.807, 2.05) is 11.4 Å². The average molecular weight is 276 g/mol. The zero-order valence-electron chi connectivity index (χ0n) is 10.3. The van der Waals surface area contributed by atoms with Gasteiger partial charge in [0, 0.05) is 20.0 Å². The molecule has 0 aliphatic carbocycles. The van der Waals surface area contributed by atoms with Crippen LogP contribution in [0.25, 0.3) is 10.2 Å². The maximum atomic E-state index is 4.69. The summed E-state index contributed by atoms with van der Waals surface area (Å²) < 4.78 is 4.69. The van der Waals surface area contributed by atoms with Crippen LogP contribution in [0.3, 0.4) is 0 Å². The third-order valence-electron chi connectivity index (χ3n) is 2.60. The van der Waals surface area contributed by atoms with E-state index in [1.54, 1.807) is 18.4 Å². The van der Waals surface area contributed by atoms with E-state index < -0.39 is 0 Å². The molecule has 0 saturated carbocycles. The van der Waals surface area contributed by atoms with Crippen LogP contribution in [0.2, 0.25) is 0 Å². The molecule has 0 bridgehead atoms. The van der Waals surface area contributed by atoms with Gasteiger partial charge in [-0.15, -0.1) is 11.3 Å². The van der Waals surface area contributed by atoms with Crippen LogP contribution < -0.4 is 10.6 Å². The minimum absolute atomic E-state index is 0.608. The summed E-state index contributed by atoms with van der Waals surface area (Å²) in [6.45, 7) is 0.685. The zero-order chi connectivity index (χ0) is 13.1. The van der Waals surface area contributed by atoms with Gasteiger partial charge in [0.25, 0.3) is 0 Å². The molecule has 0 atom stereocenters. The van der Waals surface area contributed by atoms with Gasteiger partial charge in [-0.2, -0.15) is 9.97 Å². The first-order valence-electron chi connectivity index (χ1n) is 5.79. The smallest absolute Gasteiger partial charge is 0.225 e. The van der Waals surface area contributed by atoms with Crippen LogP contribution in [-0.4, -0.2) is 33.7 Å². The minimum Gasteiger partial charge on any atom is -0.369 e. The predicted octanol–water partition coefficient (Wildman–Crippen LogP) is 1.77. The third kappa shape index (κ3) is 2.48. The van der Waals surface area contributed by atoms with Crippen molar-refractivity contribution in [1.29, 1.82) is 0 Å². The van der Waals surface area contributed by atoms with Gasteiger partial charge in [0.05, 0.1) is 5.39 Å². The summed E-state index contributed by atoms with van der Waals surface area (Å²) in [5.41, 5.74) is 0. The Bertz CT molecular complexity index is 665. The van der Waals surface area contributed by atoms with E-state index in [-0.39, 0.29) is 0 Å². The van der Waals surface area contributed by atoms with Crippen LogP contribution in [0.4, 0.5) is 11.8 Å². The average Bonchev–Trinajstić information content (AvgIpc) is 3.08. The molecule has 0 spiro atoms. The van der Waals surface area contributed by atoms with E-state index in [0.29, 0.717) is 24.7 Å². The van der Waals surface area contributed by atoms with Gasteiger partial charge in [0.2, 0.25) is 12.3 Å². The number of hydrogen-bond donors (Lipinski definition) is 2. The molecule has 0 aromatic carbocycles. The van der Waals surface area contributed by atoms with Crippen molar-refractivity contribution in [3.05, 3.63) is 23.7 Å². The highest BCUT2D eigenvalue weighted by molar-refractivity contribution is 7.16. The number of nitrogens with one attached hydrogen (secondary N) is 2. The van der Waals surface area contributed by atoms with Crippen molar-refractivity contribution < 1.29 is 4.52 Å². The van der Waals surface area contributed by atoms with Crippen molar-refractivity contribution in [3.8, 4) is 0 Å². The van der Waals surface area contributed by atoms with Crippen LogP contribution in [0.1, 0.15) is 5.82 Å². The van der Waals surface area contributed by atoms with Crippen LogP contribution in [0, 0.1) is 0 Å². The lowest BCUT2D eigenvalue weighted by molar-refractivity contribution is 0.410. The summed E-state index contributed by atoms with van der Waals surface area (Å²) in [4.78, 5) is 13.7. The van der Waals surface area contributed by atoms with Gasteiger partial charge < -0.3 is 15.2 Å². The number of thiophene rings is 1. The molecule has 0 unspecified atom stereocenters. The van der Waals surface area contributed by atoms with Crippen molar-refractivity contribution in [3.63, 3.8) is 0 Å². The van der Waals surface area contributed by atoms with Gasteiger partial charge in [0.1, 0.15) is 10.6 Å². The Labute approximate surface area is 113 Å². The van der Waals surface area contributed by atoms with Gasteiger partial charge >= 0.3 is 0 Å². The number of fused-ring (bicyclic) bond motifs is 1. The van der Waals surface area contributed by atoms with Crippen molar-refractivity contribution in [2.45, 2.75) is 6.42 Å². The highest BCUT2D eigenvalue weighted by Crippen LogP contribution is 2.26. The Kier molecular flexibility index (Phi) is 3.23. The summed E-state index contributed by atoms with van der Waals surface area (Å²) in [7, 11) is 1.80. The Hall–Kier alpha value is -2.22. The van der Waals surface area contributed by atoms with Crippen molar-refractivity contribution in [2.24, 2.45) is 0 Å². The highest BCUT2D eigenvalue weighted by Gasteiger charge is 2.08. The van der Waals surface area contributed by atoms with E-state index >= 15 is 0 Å². The zero-order valence-corrected chi connectivity index (χ0v) is 11.1. The molecule has 3 aromatic heterocycles. The number of rotatable bonds is 5. The van der Waals surface area contributed by atoms with Crippen LogP contribution >= 0.6 is 11.3 Å². The molecule has 0 aliphatic rings. The SMILES string of the molecule is CNc1nc(NCCc2ncon2)c2ccsc2n1. The molecule has 3 aromatic rings. The molecule has 0 fully saturated rings. The molecule has 3 heterocycles. The summed E-state index contributed by atoms with van der Waals surface area (Å²) in [6, 6.07) is 2.01. The second kappa shape index (κ2) is 5.19. The van der Waals surface area contributed by atoms with Crippen molar-refractivity contribution in [2.75, 3.05) is 24.2 Å². The highest BCUT2D eigenvalue weighted by atomic mass is 32.1. The largest absolute Gasteiger partial charge is 0.369 e. The molecule has 0 radical (unpaired) electrons. The Morgan fingerprint density at radius 3 is 3.11 bits per heavy atom. The topological polar surface area (TPSA) is 88.8 Å². The Morgan fingerprint density at radius 2 is 2.32 bits per heavy atom. The fraction of sp³-hybridized carbons (Fsp3) is 0.273. The first-order chi connectivity index (χ1) is 9.36. The molecule has 7 nitrogen and oxygen atoms in total. The molecule has 3 rings (SSSR count). The summed E-state index contributed by atoms with van der Waals surface area (Å²) in [5, 5.41) is 13.0. The summed E-state index contributed by atoms with van der Waals surface area (Å²) >= 11 is 1.59. The molecule has 98 valence electrons. The van der Waals surface area contributed by atoms with E-state index in [0.717, 1.165) is 16.0 Å².